The van der Waals surface area contributed by atoms with Gasteiger partial charge >= 0.3 is 0 Å². The number of ether oxygens (including phenoxy) is 1. The normalized spacial score (nSPS) is 19.2. The van der Waals surface area contributed by atoms with Gasteiger partial charge in [-0.2, -0.15) is 0 Å². The Balaban J connectivity index is 2.11. The third-order valence-electron chi connectivity index (χ3n) is 3.45. The van der Waals surface area contributed by atoms with E-state index in [9.17, 15) is 0 Å². The van der Waals surface area contributed by atoms with Crippen molar-refractivity contribution in [1.29, 1.82) is 0 Å². The zero-order chi connectivity index (χ0) is 12.1. The summed E-state index contributed by atoms with van der Waals surface area (Å²) >= 11 is 3.48. The van der Waals surface area contributed by atoms with Gasteiger partial charge in [0.2, 0.25) is 0 Å². The van der Waals surface area contributed by atoms with Gasteiger partial charge in [-0.3, -0.25) is 4.98 Å². The smallest absolute Gasteiger partial charge is 0.0471 e. The van der Waals surface area contributed by atoms with Gasteiger partial charge in [0, 0.05) is 36.6 Å². The van der Waals surface area contributed by atoms with Crippen LogP contribution >= 0.6 is 15.9 Å². The van der Waals surface area contributed by atoms with Crippen LogP contribution in [0.1, 0.15) is 18.4 Å². The molecule has 1 aliphatic heterocycles. The molecule has 4 heteroatoms. The molecule has 1 aromatic heterocycles. The quantitative estimate of drug-likeness (QED) is 0.927. The van der Waals surface area contributed by atoms with Gasteiger partial charge in [-0.1, -0.05) is 0 Å². The van der Waals surface area contributed by atoms with Crippen molar-refractivity contribution in [2.75, 3.05) is 26.8 Å². The van der Waals surface area contributed by atoms with Crippen LogP contribution in [0.2, 0.25) is 0 Å². The number of aromatic nitrogens is 1. The molecule has 1 aromatic rings. The molecule has 1 aliphatic rings. The third-order valence-corrected chi connectivity index (χ3v) is 3.88. The average Bonchev–Trinajstić information content (AvgIpc) is 2.30. The van der Waals surface area contributed by atoms with Crippen molar-refractivity contribution in [1.82, 2.24) is 10.3 Å². The Bertz CT molecular complexity index is 359. The second-order valence-corrected chi connectivity index (χ2v) is 5.75. The monoisotopic (exact) mass is 298 g/mol. The Labute approximate surface area is 111 Å². The first kappa shape index (κ1) is 13.0. The maximum atomic E-state index is 5.48. The number of nitrogens with one attached hydrogen (secondary N) is 1. The van der Waals surface area contributed by atoms with E-state index in [4.69, 9.17) is 4.74 Å². The summed E-state index contributed by atoms with van der Waals surface area (Å²) in [6, 6.07) is 2.17. The maximum absolute atomic E-state index is 5.48. The van der Waals surface area contributed by atoms with E-state index in [0.717, 1.165) is 43.5 Å². The predicted octanol–water partition coefficient (Wildman–Crippen LogP) is 2.40. The minimum Gasteiger partial charge on any atom is -0.381 e. The Morgan fingerprint density at radius 1 is 1.41 bits per heavy atom. The largest absolute Gasteiger partial charge is 0.381 e. The number of nitrogens with zero attached hydrogens (tertiary/aromatic N) is 1. The molecular formula is C13H19BrN2O. The second-order valence-electron chi connectivity index (χ2n) is 4.83. The molecule has 3 nitrogen and oxygen atoms in total. The number of rotatable bonds is 4. The van der Waals surface area contributed by atoms with E-state index in [1.54, 1.807) is 0 Å². The molecule has 2 rings (SSSR count). The van der Waals surface area contributed by atoms with Crippen molar-refractivity contribution < 1.29 is 4.74 Å². The Hall–Kier alpha value is -0.450. The van der Waals surface area contributed by atoms with Crippen LogP contribution in [0, 0.1) is 5.41 Å². The lowest BCUT2D eigenvalue weighted by Crippen LogP contribution is -2.39. The summed E-state index contributed by atoms with van der Waals surface area (Å²) in [4.78, 5) is 4.24. The van der Waals surface area contributed by atoms with Crippen LogP contribution in [0.3, 0.4) is 0 Å². The van der Waals surface area contributed by atoms with Crippen LogP contribution in [0.5, 0.6) is 0 Å². The predicted molar refractivity (Wildman–Crippen MR) is 72.1 cm³/mol. The van der Waals surface area contributed by atoms with Crippen molar-refractivity contribution in [3.05, 3.63) is 28.5 Å². The lowest BCUT2D eigenvalue weighted by molar-refractivity contribution is 0.0158. The van der Waals surface area contributed by atoms with E-state index in [1.807, 2.05) is 19.4 Å². The molecule has 1 saturated heterocycles. The van der Waals surface area contributed by atoms with E-state index in [1.165, 1.54) is 5.56 Å². The zero-order valence-electron chi connectivity index (χ0n) is 10.2. The molecule has 1 fully saturated rings. The molecule has 0 amide bonds. The fourth-order valence-corrected chi connectivity index (χ4v) is 2.99. The maximum Gasteiger partial charge on any atom is 0.0471 e. The van der Waals surface area contributed by atoms with E-state index in [0.29, 0.717) is 5.41 Å². The third kappa shape index (κ3) is 3.50. The van der Waals surface area contributed by atoms with Gasteiger partial charge in [0.1, 0.15) is 0 Å². The Morgan fingerprint density at radius 2 is 2.18 bits per heavy atom. The number of hydrogen-bond donors (Lipinski definition) is 1. The summed E-state index contributed by atoms with van der Waals surface area (Å²) < 4.78 is 6.54. The van der Waals surface area contributed by atoms with Gasteiger partial charge in [0.15, 0.2) is 0 Å². The van der Waals surface area contributed by atoms with Gasteiger partial charge in [-0.05, 0) is 59.3 Å². The molecule has 0 saturated carbocycles. The molecule has 1 N–H and O–H groups in total. The average molecular weight is 299 g/mol. The van der Waals surface area contributed by atoms with E-state index in [-0.39, 0.29) is 0 Å². The molecule has 0 aromatic carbocycles. The molecule has 94 valence electrons. The molecule has 0 atom stereocenters. The molecule has 0 aliphatic carbocycles. The summed E-state index contributed by atoms with van der Waals surface area (Å²) in [5.41, 5.74) is 1.63. The molecule has 17 heavy (non-hydrogen) atoms. The molecular weight excluding hydrogens is 280 g/mol. The van der Waals surface area contributed by atoms with E-state index < -0.39 is 0 Å². The van der Waals surface area contributed by atoms with Crippen molar-refractivity contribution in [3.8, 4) is 0 Å². The van der Waals surface area contributed by atoms with Crippen molar-refractivity contribution in [3.63, 3.8) is 0 Å². The highest BCUT2D eigenvalue weighted by Crippen LogP contribution is 2.34. The Kier molecular flexibility index (Phi) is 4.54. The minimum absolute atomic E-state index is 0.329. The number of halogens is 1. The van der Waals surface area contributed by atoms with Crippen LogP contribution in [0.25, 0.3) is 0 Å². The van der Waals surface area contributed by atoms with Gasteiger partial charge in [-0.15, -0.1) is 0 Å². The van der Waals surface area contributed by atoms with Gasteiger partial charge in [-0.25, -0.2) is 0 Å². The topological polar surface area (TPSA) is 34.2 Å². The van der Waals surface area contributed by atoms with Gasteiger partial charge in [0.25, 0.3) is 0 Å². The lowest BCUT2D eigenvalue weighted by Gasteiger charge is -2.37. The van der Waals surface area contributed by atoms with Crippen LogP contribution in [0.4, 0.5) is 0 Å². The summed E-state index contributed by atoms with van der Waals surface area (Å²) in [6.45, 7) is 2.80. The van der Waals surface area contributed by atoms with Crippen LogP contribution < -0.4 is 5.32 Å². The summed E-state index contributed by atoms with van der Waals surface area (Å²) in [5, 5.41) is 3.33. The fraction of sp³-hybridized carbons (Fsp3) is 0.615. The fourth-order valence-electron chi connectivity index (χ4n) is 2.58. The summed E-state index contributed by atoms with van der Waals surface area (Å²) in [7, 11) is 2.02. The molecule has 0 spiro atoms. The first-order valence-electron chi connectivity index (χ1n) is 6.06. The van der Waals surface area contributed by atoms with Gasteiger partial charge in [0.05, 0.1) is 0 Å². The highest BCUT2D eigenvalue weighted by molar-refractivity contribution is 9.10. The van der Waals surface area contributed by atoms with Crippen LogP contribution in [-0.2, 0) is 11.2 Å². The first-order valence-corrected chi connectivity index (χ1v) is 6.85. The summed E-state index contributed by atoms with van der Waals surface area (Å²) in [6.07, 6.45) is 7.13. The standard InChI is InChI=1S/C13H19BrN2O/c1-15-10-13(2-4-17-5-3-13)7-11-6-12(14)9-16-8-11/h6,8-9,15H,2-5,7,10H2,1H3. The van der Waals surface area contributed by atoms with Crippen molar-refractivity contribution in [2.24, 2.45) is 5.41 Å². The molecule has 0 bridgehead atoms. The van der Waals surface area contributed by atoms with Crippen molar-refractivity contribution >= 4 is 15.9 Å². The highest BCUT2D eigenvalue weighted by atomic mass is 79.9. The zero-order valence-corrected chi connectivity index (χ0v) is 11.8. The minimum atomic E-state index is 0.329. The SMILES string of the molecule is CNCC1(Cc2cncc(Br)c2)CCOCC1. The number of pyridine rings is 1. The van der Waals surface area contributed by atoms with Crippen LogP contribution in [-0.4, -0.2) is 31.8 Å². The number of hydrogen-bond acceptors (Lipinski definition) is 3. The lowest BCUT2D eigenvalue weighted by atomic mass is 9.75. The Morgan fingerprint density at radius 3 is 2.82 bits per heavy atom. The van der Waals surface area contributed by atoms with Crippen LogP contribution in [0.15, 0.2) is 22.9 Å². The van der Waals surface area contributed by atoms with E-state index in [2.05, 4.69) is 32.3 Å². The second kappa shape index (κ2) is 5.94. The van der Waals surface area contributed by atoms with Gasteiger partial charge < -0.3 is 10.1 Å². The van der Waals surface area contributed by atoms with Crippen molar-refractivity contribution in [2.45, 2.75) is 19.3 Å². The summed E-state index contributed by atoms with van der Waals surface area (Å²) in [5.74, 6) is 0. The van der Waals surface area contributed by atoms with E-state index >= 15 is 0 Å². The molecule has 0 unspecified atom stereocenters. The first-order chi connectivity index (χ1) is 8.24. The molecule has 2 heterocycles. The molecule has 0 radical (unpaired) electrons. The highest BCUT2D eigenvalue weighted by Gasteiger charge is 2.32.